The van der Waals surface area contributed by atoms with Gasteiger partial charge in [0.2, 0.25) is 0 Å². The van der Waals surface area contributed by atoms with Crippen molar-refractivity contribution >= 4 is 28.7 Å². The maximum absolute atomic E-state index is 12.5. The number of rotatable bonds is 8. The van der Waals surface area contributed by atoms with Crippen molar-refractivity contribution < 1.29 is 14.3 Å². The van der Waals surface area contributed by atoms with Crippen molar-refractivity contribution in [1.29, 1.82) is 5.26 Å². The van der Waals surface area contributed by atoms with Crippen LogP contribution in [0.5, 0.6) is 0 Å². The first-order valence-electron chi connectivity index (χ1n) is 9.93. The number of nitrogens with zero attached hydrogens (tertiary/aromatic N) is 3. The highest BCUT2D eigenvalue weighted by molar-refractivity contribution is 6.02. The number of carbonyl (C=O) groups is 1. The van der Waals surface area contributed by atoms with Gasteiger partial charge in [0.25, 0.3) is 5.91 Å². The summed E-state index contributed by atoms with van der Waals surface area (Å²) in [7, 11) is 0. The topological polar surface area (TPSA) is 87.5 Å². The predicted molar refractivity (Wildman–Crippen MR) is 112 cm³/mol. The summed E-state index contributed by atoms with van der Waals surface area (Å²) < 4.78 is 10.7. The van der Waals surface area contributed by atoms with E-state index in [1.165, 1.54) is 0 Å². The lowest BCUT2D eigenvalue weighted by Gasteiger charge is -2.29. The molecule has 0 bridgehead atoms. The van der Waals surface area contributed by atoms with Crippen LogP contribution in [0.15, 0.2) is 35.9 Å². The monoisotopic (exact) mass is 394 g/mol. The molecule has 0 saturated carbocycles. The average Bonchev–Trinajstić information content (AvgIpc) is 2.77. The number of fused-ring (bicyclic) bond motifs is 1. The minimum Gasteiger partial charge on any atom is -0.382 e. The first-order valence-corrected chi connectivity index (χ1v) is 9.93. The molecular formula is C22H26N4O3. The van der Waals surface area contributed by atoms with Gasteiger partial charge in [-0.1, -0.05) is 18.2 Å². The number of nitrogens with one attached hydrogen (secondary N) is 1. The number of ether oxygens (including phenoxy) is 2. The number of nitriles is 1. The molecule has 0 radical (unpaired) electrons. The Morgan fingerprint density at radius 3 is 2.93 bits per heavy atom. The van der Waals surface area contributed by atoms with E-state index in [-0.39, 0.29) is 11.5 Å². The lowest BCUT2D eigenvalue weighted by atomic mass is 10.1. The molecule has 3 rings (SSSR count). The zero-order chi connectivity index (χ0) is 20.5. The van der Waals surface area contributed by atoms with Crippen LogP contribution in [0.4, 0.5) is 5.82 Å². The molecule has 152 valence electrons. The normalized spacial score (nSPS) is 14.6. The van der Waals surface area contributed by atoms with Crippen molar-refractivity contribution in [3.05, 3.63) is 41.5 Å². The molecule has 0 atom stereocenters. The molecule has 7 nitrogen and oxygen atoms in total. The molecule has 1 aromatic heterocycles. The third kappa shape index (κ3) is 5.53. The Morgan fingerprint density at radius 1 is 1.38 bits per heavy atom. The number of anilines is 1. The second-order valence-electron chi connectivity index (χ2n) is 6.67. The predicted octanol–water partition coefficient (Wildman–Crippen LogP) is 2.52. The van der Waals surface area contributed by atoms with Crippen molar-refractivity contribution in [1.82, 2.24) is 10.3 Å². The number of benzene rings is 1. The Kier molecular flexibility index (Phi) is 7.56. The fourth-order valence-corrected chi connectivity index (χ4v) is 3.18. The number of carbonyl (C=O) groups excluding carboxylic acids is 1. The minimum atomic E-state index is -0.384. The third-order valence-electron chi connectivity index (χ3n) is 4.66. The smallest absolute Gasteiger partial charge is 0.261 e. The van der Waals surface area contributed by atoms with E-state index in [0.717, 1.165) is 35.4 Å². The van der Waals surface area contributed by atoms with Crippen molar-refractivity contribution in [3.63, 3.8) is 0 Å². The van der Waals surface area contributed by atoms with Gasteiger partial charge in [0.05, 0.1) is 18.7 Å². The number of hydrogen-bond acceptors (Lipinski definition) is 6. The first-order chi connectivity index (χ1) is 14.2. The van der Waals surface area contributed by atoms with Crippen molar-refractivity contribution in [2.24, 2.45) is 0 Å². The van der Waals surface area contributed by atoms with Crippen molar-refractivity contribution in [2.75, 3.05) is 51.0 Å². The molecule has 1 aromatic carbocycles. The van der Waals surface area contributed by atoms with Crippen LogP contribution in [0, 0.1) is 11.3 Å². The van der Waals surface area contributed by atoms with Crippen LogP contribution >= 0.6 is 0 Å². The van der Waals surface area contributed by atoms with Crippen LogP contribution in [0.2, 0.25) is 0 Å². The van der Waals surface area contributed by atoms with Crippen LogP contribution in [-0.4, -0.2) is 57.0 Å². The summed E-state index contributed by atoms with van der Waals surface area (Å²) in [6.07, 6.45) is 2.33. The summed E-state index contributed by atoms with van der Waals surface area (Å²) >= 11 is 0. The summed E-state index contributed by atoms with van der Waals surface area (Å²) in [5.74, 6) is 0.383. The van der Waals surface area contributed by atoms with E-state index in [1.54, 1.807) is 6.08 Å². The second-order valence-corrected chi connectivity index (χ2v) is 6.67. The summed E-state index contributed by atoms with van der Waals surface area (Å²) in [5.41, 5.74) is 1.70. The van der Waals surface area contributed by atoms with Crippen LogP contribution in [0.25, 0.3) is 17.0 Å². The van der Waals surface area contributed by atoms with Gasteiger partial charge in [-0.2, -0.15) is 5.26 Å². The number of morpholine rings is 1. The molecule has 0 spiro atoms. The van der Waals surface area contributed by atoms with Gasteiger partial charge in [-0.3, -0.25) is 4.79 Å². The number of aromatic nitrogens is 1. The van der Waals surface area contributed by atoms with Crippen LogP contribution in [0.3, 0.4) is 0 Å². The van der Waals surface area contributed by atoms with Gasteiger partial charge in [-0.15, -0.1) is 0 Å². The Balaban J connectivity index is 1.87. The maximum atomic E-state index is 12.5. The zero-order valence-corrected chi connectivity index (χ0v) is 16.7. The molecule has 7 heteroatoms. The SMILES string of the molecule is CCOCCCNC(=O)/C(C#N)=C/c1cc2ccccc2nc1N1CCOCC1. The average molecular weight is 394 g/mol. The Hall–Kier alpha value is -2.95. The van der Waals surface area contributed by atoms with E-state index in [9.17, 15) is 10.1 Å². The largest absolute Gasteiger partial charge is 0.382 e. The summed E-state index contributed by atoms with van der Waals surface area (Å²) in [6, 6.07) is 11.8. The molecule has 1 N–H and O–H groups in total. The highest BCUT2D eigenvalue weighted by Gasteiger charge is 2.18. The van der Waals surface area contributed by atoms with E-state index < -0.39 is 0 Å². The number of amides is 1. The van der Waals surface area contributed by atoms with E-state index in [0.29, 0.717) is 39.4 Å². The van der Waals surface area contributed by atoms with E-state index in [2.05, 4.69) is 10.2 Å². The van der Waals surface area contributed by atoms with Gasteiger partial charge in [0.1, 0.15) is 17.5 Å². The van der Waals surface area contributed by atoms with Gasteiger partial charge in [-0.05, 0) is 31.6 Å². The lowest BCUT2D eigenvalue weighted by molar-refractivity contribution is -0.117. The van der Waals surface area contributed by atoms with Crippen molar-refractivity contribution in [3.8, 4) is 6.07 Å². The first kappa shape index (κ1) is 20.8. The molecule has 0 unspecified atom stereocenters. The van der Waals surface area contributed by atoms with Gasteiger partial charge in [-0.25, -0.2) is 4.98 Å². The van der Waals surface area contributed by atoms with Crippen LogP contribution < -0.4 is 10.2 Å². The number of hydrogen-bond donors (Lipinski definition) is 1. The lowest BCUT2D eigenvalue weighted by Crippen LogP contribution is -2.37. The zero-order valence-electron chi connectivity index (χ0n) is 16.7. The van der Waals surface area contributed by atoms with E-state index >= 15 is 0 Å². The molecule has 2 heterocycles. The molecule has 1 aliphatic rings. The highest BCUT2D eigenvalue weighted by atomic mass is 16.5. The quantitative estimate of drug-likeness (QED) is 0.421. The molecule has 29 heavy (non-hydrogen) atoms. The van der Waals surface area contributed by atoms with Crippen LogP contribution in [-0.2, 0) is 14.3 Å². The summed E-state index contributed by atoms with van der Waals surface area (Å²) in [4.78, 5) is 19.4. The van der Waals surface area contributed by atoms with Gasteiger partial charge < -0.3 is 19.7 Å². The molecule has 0 aliphatic carbocycles. The fourth-order valence-electron chi connectivity index (χ4n) is 3.18. The summed E-state index contributed by atoms with van der Waals surface area (Å²) in [5, 5.41) is 13.3. The number of pyridine rings is 1. The molecule has 1 aliphatic heterocycles. The Morgan fingerprint density at radius 2 is 2.17 bits per heavy atom. The fraction of sp³-hybridized carbons (Fsp3) is 0.409. The molecule has 1 amide bonds. The molecule has 1 saturated heterocycles. The Labute approximate surface area is 170 Å². The number of para-hydroxylation sites is 1. The minimum absolute atomic E-state index is 0.0630. The van der Waals surface area contributed by atoms with E-state index in [1.807, 2.05) is 43.3 Å². The van der Waals surface area contributed by atoms with Gasteiger partial charge in [0, 0.05) is 43.8 Å². The highest BCUT2D eigenvalue weighted by Crippen LogP contribution is 2.26. The maximum Gasteiger partial charge on any atom is 0.261 e. The molecule has 1 fully saturated rings. The van der Waals surface area contributed by atoms with Gasteiger partial charge in [0.15, 0.2) is 0 Å². The van der Waals surface area contributed by atoms with Crippen molar-refractivity contribution in [2.45, 2.75) is 13.3 Å². The summed E-state index contributed by atoms with van der Waals surface area (Å²) in [6.45, 7) is 6.32. The Bertz CT molecular complexity index is 914. The van der Waals surface area contributed by atoms with Crippen LogP contribution in [0.1, 0.15) is 18.9 Å². The third-order valence-corrected chi connectivity index (χ3v) is 4.66. The second kappa shape index (κ2) is 10.6. The molecular weight excluding hydrogens is 368 g/mol. The van der Waals surface area contributed by atoms with Gasteiger partial charge >= 0.3 is 0 Å². The molecule has 2 aromatic rings. The standard InChI is InChI=1S/C22H26N4O3/c1-2-28-11-5-8-24-22(27)19(16-23)15-18-14-17-6-3-4-7-20(17)25-21(18)26-9-12-29-13-10-26/h3-4,6-7,14-15H,2,5,8-13H2,1H3,(H,24,27)/b19-15+. The van der Waals surface area contributed by atoms with E-state index in [4.69, 9.17) is 14.5 Å².